The third-order valence-electron chi connectivity index (χ3n) is 5.56. The van der Waals surface area contributed by atoms with Crippen LogP contribution in [0.5, 0.6) is 0 Å². The first-order valence-corrected chi connectivity index (χ1v) is 12.1. The molecule has 0 radical (unpaired) electrons. The van der Waals surface area contributed by atoms with E-state index in [-0.39, 0.29) is 11.3 Å². The molecule has 0 amide bonds. The number of hydrogen-bond acceptors (Lipinski definition) is 7. The fourth-order valence-electron chi connectivity index (χ4n) is 3.67. The highest BCUT2D eigenvalue weighted by Crippen LogP contribution is 2.27. The van der Waals surface area contributed by atoms with E-state index in [0.29, 0.717) is 27.9 Å². The van der Waals surface area contributed by atoms with Crippen molar-refractivity contribution in [2.45, 2.75) is 10.9 Å². The molecule has 3 aromatic carbocycles. The van der Waals surface area contributed by atoms with Gasteiger partial charge in [0.1, 0.15) is 11.6 Å². The fourth-order valence-corrected chi connectivity index (χ4v) is 4.49. The molecule has 0 aliphatic rings. The number of thioether (sulfide) groups is 1. The predicted octanol–water partition coefficient (Wildman–Crippen LogP) is 4.55. The number of carboxylic acids is 1. The highest BCUT2D eigenvalue weighted by atomic mass is 32.2. The van der Waals surface area contributed by atoms with Crippen LogP contribution in [0.4, 0.5) is 0 Å². The van der Waals surface area contributed by atoms with E-state index in [1.807, 2.05) is 72.8 Å². The molecule has 0 aliphatic heterocycles. The van der Waals surface area contributed by atoms with E-state index >= 15 is 0 Å². The summed E-state index contributed by atoms with van der Waals surface area (Å²) in [7, 11) is 0. The number of nitriles is 1. The van der Waals surface area contributed by atoms with E-state index in [2.05, 4.69) is 20.3 Å². The summed E-state index contributed by atoms with van der Waals surface area (Å²) in [6, 6.07) is 26.8. The van der Waals surface area contributed by atoms with Crippen LogP contribution in [0.15, 0.2) is 95.0 Å². The van der Waals surface area contributed by atoms with Gasteiger partial charge < -0.3 is 10.1 Å². The highest BCUT2D eigenvalue weighted by Gasteiger charge is 2.14. The molecule has 0 spiro atoms. The summed E-state index contributed by atoms with van der Waals surface area (Å²) in [5.41, 5.74) is 4.07. The third-order valence-corrected chi connectivity index (χ3v) is 6.51. The van der Waals surface area contributed by atoms with Crippen molar-refractivity contribution in [3.05, 3.63) is 112 Å². The quantitative estimate of drug-likeness (QED) is 0.242. The van der Waals surface area contributed by atoms with Crippen molar-refractivity contribution in [1.29, 1.82) is 5.26 Å². The molecule has 0 aliphatic carbocycles. The molecule has 5 aromatic rings. The summed E-state index contributed by atoms with van der Waals surface area (Å²) < 4.78 is 1.38. The molecule has 0 saturated carbocycles. The summed E-state index contributed by atoms with van der Waals surface area (Å²) in [5.74, 6) is -0.631. The molecule has 2 N–H and O–H groups in total. The number of nitrogens with one attached hydrogen (secondary N) is 1. The van der Waals surface area contributed by atoms with Gasteiger partial charge in [0.05, 0.1) is 17.6 Å². The minimum Gasteiger partial charge on any atom is -0.476 e. The molecule has 0 saturated heterocycles. The van der Waals surface area contributed by atoms with Crippen molar-refractivity contribution in [3.63, 3.8) is 0 Å². The van der Waals surface area contributed by atoms with Gasteiger partial charge in [-0.1, -0.05) is 83.7 Å². The van der Waals surface area contributed by atoms with E-state index in [1.165, 1.54) is 22.6 Å². The number of hydrogen-bond donors (Lipinski definition) is 2. The number of aromatic carboxylic acids is 1. The van der Waals surface area contributed by atoms with Gasteiger partial charge in [-0.2, -0.15) is 5.26 Å². The van der Waals surface area contributed by atoms with Crippen LogP contribution in [0.25, 0.3) is 28.1 Å². The minimum absolute atomic E-state index is 0.0327. The first-order valence-electron chi connectivity index (χ1n) is 11.1. The Labute approximate surface area is 215 Å². The lowest BCUT2D eigenvalue weighted by molar-refractivity contribution is 0.0690. The average molecular weight is 507 g/mol. The zero-order valence-corrected chi connectivity index (χ0v) is 20.0. The molecular formula is C27H18N6O3S. The smallest absolute Gasteiger partial charge is 0.358 e. The largest absolute Gasteiger partial charge is 0.476 e. The average Bonchev–Trinajstić information content (AvgIpc) is 3.43. The highest BCUT2D eigenvalue weighted by molar-refractivity contribution is 7.98. The lowest BCUT2D eigenvalue weighted by Crippen LogP contribution is -2.14. The topological polar surface area (TPSA) is 138 Å². The number of benzene rings is 3. The van der Waals surface area contributed by atoms with Gasteiger partial charge in [0, 0.05) is 11.3 Å². The minimum atomic E-state index is -1.14. The number of aromatic nitrogens is 5. The first kappa shape index (κ1) is 23.7. The summed E-state index contributed by atoms with van der Waals surface area (Å²) in [6.45, 7) is 0. The van der Waals surface area contributed by atoms with Gasteiger partial charge >= 0.3 is 5.97 Å². The van der Waals surface area contributed by atoms with Gasteiger partial charge in [0.15, 0.2) is 10.9 Å². The number of aromatic amines is 1. The van der Waals surface area contributed by atoms with Crippen LogP contribution in [0, 0.1) is 11.3 Å². The molecule has 0 unspecified atom stereocenters. The SMILES string of the molecule is N#Cc1c(-c2ccc(-c3ccccc3)cc2)nc(SCc2ccc(-n3cc(C(=O)O)nn3)cc2)[nH]c1=O. The molecule has 2 aromatic heterocycles. The molecule has 0 bridgehead atoms. The lowest BCUT2D eigenvalue weighted by atomic mass is 10.0. The maximum atomic E-state index is 12.6. The Bertz CT molecular complexity index is 1670. The summed E-state index contributed by atoms with van der Waals surface area (Å²) in [5, 5.41) is 26.4. The number of rotatable bonds is 7. The van der Waals surface area contributed by atoms with Crippen molar-refractivity contribution in [3.8, 4) is 34.1 Å². The zero-order chi connectivity index (χ0) is 25.8. The van der Waals surface area contributed by atoms with Crippen LogP contribution in [0.1, 0.15) is 21.6 Å². The van der Waals surface area contributed by atoms with Crippen LogP contribution in [0.3, 0.4) is 0 Å². The normalized spacial score (nSPS) is 10.7. The number of nitrogens with zero attached hydrogens (tertiary/aromatic N) is 5. The standard InChI is InChI=1S/C27H18N6O3S/c28-14-22-24(20-10-8-19(9-11-20)18-4-2-1-3-5-18)29-27(30-25(22)34)37-16-17-6-12-21(13-7-17)33-15-23(26(35)36)31-32-33/h1-13,15H,16H2,(H,35,36)(H,29,30,34). The van der Waals surface area contributed by atoms with Gasteiger partial charge in [-0.15, -0.1) is 5.10 Å². The summed E-state index contributed by atoms with van der Waals surface area (Å²) in [4.78, 5) is 30.9. The third kappa shape index (κ3) is 5.17. The van der Waals surface area contributed by atoms with Crippen molar-refractivity contribution in [2.75, 3.05) is 0 Å². The molecule has 37 heavy (non-hydrogen) atoms. The van der Waals surface area contributed by atoms with Crippen LogP contribution < -0.4 is 5.56 Å². The molecular weight excluding hydrogens is 488 g/mol. The maximum Gasteiger partial charge on any atom is 0.358 e. The van der Waals surface area contributed by atoms with E-state index in [9.17, 15) is 14.9 Å². The van der Waals surface area contributed by atoms with E-state index in [0.717, 1.165) is 16.7 Å². The molecule has 5 rings (SSSR count). The molecule has 180 valence electrons. The van der Waals surface area contributed by atoms with Gasteiger partial charge in [-0.3, -0.25) is 4.79 Å². The molecule has 9 nitrogen and oxygen atoms in total. The Morgan fingerprint density at radius 1 is 0.973 bits per heavy atom. The van der Waals surface area contributed by atoms with Crippen molar-refractivity contribution < 1.29 is 9.90 Å². The monoisotopic (exact) mass is 506 g/mol. The van der Waals surface area contributed by atoms with Gasteiger partial charge in [-0.05, 0) is 28.8 Å². The molecule has 0 fully saturated rings. The van der Waals surface area contributed by atoms with E-state index in [4.69, 9.17) is 5.11 Å². The fraction of sp³-hybridized carbons (Fsp3) is 0.0370. The predicted molar refractivity (Wildman–Crippen MR) is 138 cm³/mol. The van der Waals surface area contributed by atoms with Crippen LogP contribution in [-0.4, -0.2) is 36.0 Å². The second-order valence-electron chi connectivity index (χ2n) is 7.96. The van der Waals surface area contributed by atoms with Crippen LogP contribution in [-0.2, 0) is 5.75 Å². The van der Waals surface area contributed by atoms with Crippen LogP contribution >= 0.6 is 11.8 Å². The Morgan fingerprint density at radius 3 is 2.30 bits per heavy atom. The summed E-state index contributed by atoms with van der Waals surface area (Å²) in [6.07, 6.45) is 1.34. The lowest BCUT2D eigenvalue weighted by Gasteiger charge is -2.08. The van der Waals surface area contributed by atoms with E-state index in [1.54, 1.807) is 12.1 Å². The maximum absolute atomic E-state index is 12.6. The second kappa shape index (κ2) is 10.3. The first-order chi connectivity index (χ1) is 18.0. The van der Waals surface area contributed by atoms with Gasteiger partial charge in [-0.25, -0.2) is 14.5 Å². The molecule has 0 atom stereocenters. The van der Waals surface area contributed by atoms with Crippen molar-refractivity contribution >= 4 is 17.7 Å². The van der Waals surface area contributed by atoms with E-state index < -0.39 is 11.5 Å². The van der Waals surface area contributed by atoms with Crippen LogP contribution in [0.2, 0.25) is 0 Å². The van der Waals surface area contributed by atoms with Gasteiger partial charge in [0.2, 0.25) is 0 Å². The Kier molecular flexibility index (Phi) is 6.61. The molecule has 2 heterocycles. The number of H-pyrrole nitrogens is 1. The number of carbonyl (C=O) groups is 1. The molecule has 10 heteroatoms. The number of carboxylic acid groups (broad SMARTS) is 1. The Balaban J connectivity index is 1.35. The zero-order valence-electron chi connectivity index (χ0n) is 19.2. The Hall–Kier alpha value is -5.01. The second-order valence-corrected chi connectivity index (χ2v) is 8.92. The van der Waals surface area contributed by atoms with Crippen molar-refractivity contribution in [2.24, 2.45) is 0 Å². The Morgan fingerprint density at radius 2 is 1.65 bits per heavy atom. The van der Waals surface area contributed by atoms with Crippen molar-refractivity contribution in [1.82, 2.24) is 25.0 Å². The van der Waals surface area contributed by atoms with Gasteiger partial charge in [0.25, 0.3) is 5.56 Å². The summed E-state index contributed by atoms with van der Waals surface area (Å²) >= 11 is 1.34.